The second kappa shape index (κ2) is 7.39. The van der Waals surface area contributed by atoms with E-state index in [-0.39, 0.29) is 0 Å². The number of rotatable bonds is 6. The van der Waals surface area contributed by atoms with Crippen molar-refractivity contribution in [3.05, 3.63) is 71.1 Å². The van der Waals surface area contributed by atoms with Crippen LogP contribution < -0.4 is 0 Å². The minimum atomic E-state index is -4.36. The predicted molar refractivity (Wildman–Crippen MR) is 98.2 cm³/mol. The normalized spacial score (nSPS) is 14.6. The van der Waals surface area contributed by atoms with Crippen LogP contribution in [0.1, 0.15) is 35.4 Å². The largest absolute Gasteiger partial charge is 0.416 e. The molecule has 7 heteroatoms. The van der Waals surface area contributed by atoms with Crippen LogP contribution in [0.25, 0.3) is 11.4 Å². The molecule has 146 valence electrons. The highest BCUT2D eigenvalue weighted by atomic mass is 19.4. The highest BCUT2D eigenvalue weighted by Crippen LogP contribution is 2.31. The zero-order valence-electron chi connectivity index (χ0n) is 15.4. The maximum Gasteiger partial charge on any atom is 0.416 e. The Bertz CT molecular complexity index is 929. The first-order valence-electron chi connectivity index (χ1n) is 9.18. The maximum atomic E-state index is 12.7. The quantitative estimate of drug-likeness (QED) is 0.581. The van der Waals surface area contributed by atoms with Crippen molar-refractivity contribution in [1.29, 1.82) is 0 Å². The van der Waals surface area contributed by atoms with Crippen LogP contribution in [0.15, 0.2) is 53.1 Å². The van der Waals surface area contributed by atoms with Crippen LogP contribution in [0.4, 0.5) is 13.2 Å². The second-order valence-corrected chi connectivity index (χ2v) is 7.21. The predicted octanol–water partition coefficient (Wildman–Crippen LogP) is 5.23. The van der Waals surface area contributed by atoms with Gasteiger partial charge in [-0.1, -0.05) is 47.1 Å². The third-order valence-electron chi connectivity index (χ3n) is 4.85. The lowest BCUT2D eigenvalue weighted by Crippen LogP contribution is -2.25. The van der Waals surface area contributed by atoms with Gasteiger partial charge in [0.1, 0.15) is 0 Å². The number of benzene rings is 2. The van der Waals surface area contributed by atoms with E-state index < -0.39 is 11.7 Å². The van der Waals surface area contributed by atoms with Gasteiger partial charge in [0.05, 0.1) is 12.1 Å². The van der Waals surface area contributed by atoms with Crippen molar-refractivity contribution in [2.24, 2.45) is 0 Å². The van der Waals surface area contributed by atoms with Crippen LogP contribution in [0.3, 0.4) is 0 Å². The highest BCUT2D eigenvalue weighted by Gasteiger charge is 2.31. The molecule has 1 aliphatic carbocycles. The van der Waals surface area contributed by atoms with E-state index in [9.17, 15) is 13.2 Å². The summed E-state index contributed by atoms with van der Waals surface area (Å²) in [6.07, 6.45) is -2.07. The van der Waals surface area contributed by atoms with Gasteiger partial charge in [0.15, 0.2) is 0 Å². The smallest absolute Gasteiger partial charge is 0.338 e. The Morgan fingerprint density at radius 1 is 1.00 bits per heavy atom. The van der Waals surface area contributed by atoms with Gasteiger partial charge in [0.25, 0.3) is 0 Å². The Kier molecular flexibility index (Phi) is 4.93. The van der Waals surface area contributed by atoms with E-state index in [0.717, 1.165) is 31.5 Å². The Hall–Kier alpha value is -2.67. The lowest BCUT2D eigenvalue weighted by atomic mass is 10.1. The monoisotopic (exact) mass is 387 g/mol. The Morgan fingerprint density at radius 2 is 1.68 bits per heavy atom. The van der Waals surface area contributed by atoms with Crippen LogP contribution >= 0.6 is 0 Å². The second-order valence-electron chi connectivity index (χ2n) is 7.21. The van der Waals surface area contributed by atoms with Gasteiger partial charge in [-0.05, 0) is 37.5 Å². The van der Waals surface area contributed by atoms with Gasteiger partial charge >= 0.3 is 6.18 Å². The summed E-state index contributed by atoms with van der Waals surface area (Å²) in [6, 6.07) is 13.7. The molecule has 28 heavy (non-hydrogen) atoms. The molecule has 0 N–H and O–H groups in total. The van der Waals surface area contributed by atoms with Crippen molar-refractivity contribution >= 4 is 0 Å². The van der Waals surface area contributed by atoms with Gasteiger partial charge < -0.3 is 4.52 Å². The SMILES string of the molecule is Cc1ccc(CN(Cc2nc(-c3ccc(C(F)(F)F)cc3)no2)C2CC2)cc1. The van der Waals surface area contributed by atoms with Gasteiger partial charge in [-0.25, -0.2) is 0 Å². The summed E-state index contributed by atoms with van der Waals surface area (Å²) in [4.78, 5) is 6.68. The molecule has 3 aromatic rings. The van der Waals surface area contributed by atoms with Crippen molar-refractivity contribution in [2.75, 3.05) is 0 Å². The molecule has 0 atom stereocenters. The molecule has 1 saturated carbocycles. The first-order chi connectivity index (χ1) is 13.4. The molecule has 1 aliphatic rings. The van der Waals surface area contributed by atoms with E-state index in [1.165, 1.54) is 23.3 Å². The minimum Gasteiger partial charge on any atom is -0.338 e. The number of aromatic nitrogens is 2. The fourth-order valence-corrected chi connectivity index (χ4v) is 3.10. The van der Waals surface area contributed by atoms with Crippen molar-refractivity contribution in [1.82, 2.24) is 15.0 Å². The summed E-state index contributed by atoms with van der Waals surface area (Å²) < 4.78 is 43.4. The van der Waals surface area contributed by atoms with Crippen LogP contribution in [0, 0.1) is 6.92 Å². The Labute approximate surface area is 161 Å². The van der Waals surface area contributed by atoms with Crippen molar-refractivity contribution < 1.29 is 17.7 Å². The molecular weight excluding hydrogens is 367 g/mol. The lowest BCUT2D eigenvalue weighted by molar-refractivity contribution is -0.137. The molecule has 0 saturated heterocycles. The molecular formula is C21H20F3N3O. The van der Waals surface area contributed by atoms with E-state index >= 15 is 0 Å². The summed E-state index contributed by atoms with van der Waals surface area (Å²) in [5, 5.41) is 3.94. The Balaban J connectivity index is 1.46. The van der Waals surface area contributed by atoms with Crippen LogP contribution in [-0.2, 0) is 19.3 Å². The average Bonchev–Trinajstić information content (AvgIpc) is 3.41. The van der Waals surface area contributed by atoms with Gasteiger partial charge in [-0.2, -0.15) is 18.2 Å². The number of hydrogen-bond acceptors (Lipinski definition) is 4. The van der Waals surface area contributed by atoms with Crippen LogP contribution in [0.5, 0.6) is 0 Å². The summed E-state index contributed by atoms with van der Waals surface area (Å²) in [5.74, 6) is 0.767. The highest BCUT2D eigenvalue weighted by molar-refractivity contribution is 5.54. The molecule has 0 aliphatic heterocycles. The molecule has 1 heterocycles. The van der Waals surface area contributed by atoms with Crippen LogP contribution in [-0.4, -0.2) is 21.1 Å². The molecule has 2 aromatic carbocycles. The maximum absolute atomic E-state index is 12.7. The topological polar surface area (TPSA) is 42.2 Å². The van der Waals surface area contributed by atoms with E-state index in [1.54, 1.807) is 0 Å². The molecule has 0 bridgehead atoms. The first kappa shape index (κ1) is 18.7. The van der Waals surface area contributed by atoms with Crippen molar-refractivity contribution in [3.63, 3.8) is 0 Å². The third-order valence-corrected chi connectivity index (χ3v) is 4.85. The standard InChI is InChI=1S/C21H20F3N3O/c1-14-2-4-15(5-3-14)12-27(18-10-11-18)13-19-25-20(26-28-19)16-6-8-17(9-7-16)21(22,23)24/h2-9,18H,10-13H2,1H3. The number of aryl methyl sites for hydroxylation is 1. The molecule has 4 rings (SSSR count). The molecule has 1 fully saturated rings. The van der Waals surface area contributed by atoms with Gasteiger partial charge in [0, 0.05) is 18.2 Å². The first-order valence-corrected chi connectivity index (χ1v) is 9.18. The number of alkyl halides is 3. The summed E-state index contributed by atoms with van der Waals surface area (Å²) in [6.45, 7) is 3.37. The Morgan fingerprint density at radius 3 is 2.29 bits per heavy atom. The zero-order chi connectivity index (χ0) is 19.7. The van der Waals surface area contributed by atoms with E-state index in [4.69, 9.17) is 4.52 Å². The molecule has 1 aromatic heterocycles. The summed E-state index contributed by atoms with van der Waals surface area (Å²) in [7, 11) is 0. The van der Waals surface area contributed by atoms with E-state index in [1.807, 2.05) is 0 Å². The molecule has 4 nitrogen and oxygen atoms in total. The van der Waals surface area contributed by atoms with Gasteiger partial charge in [-0.15, -0.1) is 0 Å². The molecule has 0 unspecified atom stereocenters. The van der Waals surface area contributed by atoms with Crippen LogP contribution in [0.2, 0.25) is 0 Å². The number of halogens is 3. The molecule has 0 spiro atoms. The van der Waals surface area contributed by atoms with Gasteiger partial charge in [0.2, 0.25) is 11.7 Å². The number of nitrogens with zero attached hydrogens (tertiary/aromatic N) is 3. The third kappa shape index (κ3) is 4.42. The fraction of sp³-hybridized carbons (Fsp3) is 0.333. The molecule has 0 radical (unpaired) electrons. The summed E-state index contributed by atoms with van der Waals surface area (Å²) in [5.41, 5.74) is 2.25. The summed E-state index contributed by atoms with van der Waals surface area (Å²) >= 11 is 0. The minimum absolute atomic E-state index is 0.301. The number of hydrogen-bond donors (Lipinski definition) is 0. The van der Waals surface area contributed by atoms with Crippen molar-refractivity contribution in [3.8, 4) is 11.4 Å². The molecule has 0 amide bonds. The lowest BCUT2D eigenvalue weighted by Gasteiger charge is -2.20. The van der Waals surface area contributed by atoms with E-state index in [0.29, 0.717) is 29.9 Å². The average molecular weight is 387 g/mol. The van der Waals surface area contributed by atoms with E-state index in [2.05, 4.69) is 46.2 Å². The van der Waals surface area contributed by atoms with Crippen molar-refractivity contribution in [2.45, 2.75) is 45.1 Å². The zero-order valence-corrected chi connectivity index (χ0v) is 15.4. The van der Waals surface area contributed by atoms with Gasteiger partial charge in [-0.3, -0.25) is 4.90 Å². The fourth-order valence-electron chi connectivity index (χ4n) is 3.10.